The van der Waals surface area contributed by atoms with E-state index in [-0.39, 0.29) is 12.3 Å². The average molecular weight is 369 g/mol. The molecule has 0 spiro atoms. The second kappa shape index (κ2) is 6.98. The van der Waals surface area contributed by atoms with Crippen molar-refractivity contribution < 1.29 is 4.79 Å². The Morgan fingerprint density at radius 3 is 2.88 bits per heavy atom. The average Bonchev–Trinajstić information content (AvgIpc) is 3.24. The largest absolute Gasteiger partial charge is 0.326 e. The van der Waals surface area contributed by atoms with Gasteiger partial charge in [-0.05, 0) is 48.6 Å². The van der Waals surface area contributed by atoms with Gasteiger partial charge < -0.3 is 5.32 Å². The van der Waals surface area contributed by atoms with Crippen molar-refractivity contribution in [3.63, 3.8) is 0 Å². The predicted molar refractivity (Wildman–Crippen MR) is 103 cm³/mol. The molecule has 1 aromatic heterocycles. The molecule has 3 nitrogen and oxygen atoms in total. The van der Waals surface area contributed by atoms with Gasteiger partial charge in [0.25, 0.3) is 0 Å². The fraction of sp³-hybridized carbons (Fsp3) is 0.200. The molecule has 0 bridgehead atoms. The van der Waals surface area contributed by atoms with Crippen molar-refractivity contribution in [3.8, 4) is 10.6 Å². The highest BCUT2D eigenvalue weighted by Gasteiger charge is 2.14. The van der Waals surface area contributed by atoms with Crippen LogP contribution in [0.5, 0.6) is 0 Å². The van der Waals surface area contributed by atoms with Gasteiger partial charge >= 0.3 is 0 Å². The molecule has 4 rings (SSSR count). The number of aromatic nitrogens is 1. The second-order valence-corrected chi connectivity index (χ2v) is 7.45. The van der Waals surface area contributed by atoms with Gasteiger partial charge in [-0.2, -0.15) is 0 Å². The van der Waals surface area contributed by atoms with E-state index in [1.54, 1.807) is 0 Å². The molecule has 0 radical (unpaired) electrons. The quantitative estimate of drug-likeness (QED) is 0.693. The number of aryl methyl sites for hydroxylation is 2. The van der Waals surface area contributed by atoms with Crippen LogP contribution < -0.4 is 5.32 Å². The summed E-state index contributed by atoms with van der Waals surface area (Å²) in [6.45, 7) is 0. The Bertz CT molecular complexity index is 935. The molecule has 0 unspecified atom stereocenters. The van der Waals surface area contributed by atoms with Gasteiger partial charge in [0, 0.05) is 16.6 Å². The van der Waals surface area contributed by atoms with Crippen LogP contribution in [-0.4, -0.2) is 10.9 Å². The van der Waals surface area contributed by atoms with Crippen molar-refractivity contribution >= 4 is 34.5 Å². The Labute approximate surface area is 155 Å². The molecule has 25 heavy (non-hydrogen) atoms. The minimum atomic E-state index is -0.0473. The van der Waals surface area contributed by atoms with Gasteiger partial charge in [-0.1, -0.05) is 35.9 Å². The lowest BCUT2D eigenvalue weighted by atomic mass is 10.1. The summed E-state index contributed by atoms with van der Waals surface area (Å²) in [5.41, 5.74) is 5.29. The third kappa shape index (κ3) is 3.60. The molecule has 0 saturated heterocycles. The van der Waals surface area contributed by atoms with Gasteiger partial charge in [0.15, 0.2) is 0 Å². The highest BCUT2D eigenvalue weighted by molar-refractivity contribution is 7.13. The van der Waals surface area contributed by atoms with E-state index in [2.05, 4.69) is 22.4 Å². The Morgan fingerprint density at radius 2 is 2.00 bits per heavy atom. The third-order valence-corrected chi connectivity index (χ3v) is 5.63. The maximum Gasteiger partial charge on any atom is 0.230 e. The zero-order valence-corrected chi connectivity index (χ0v) is 15.2. The van der Waals surface area contributed by atoms with Gasteiger partial charge in [0.1, 0.15) is 5.01 Å². The van der Waals surface area contributed by atoms with Crippen molar-refractivity contribution in [2.75, 3.05) is 5.32 Å². The molecule has 1 aliphatic carbocycles. The lowest BCUT2D eigenvalue weighted by Gasteiger charge is -2.06. The Balaban J connectivity index is 1.44. The van der Waals surface area contributed by atoms with Crippen LogP contribution in [0.3, 0.4) is 0 Å². The Hall–Kier alpha value is -2.17. The number of rotatable bonds is 4. The van der Waals surface area contributed by atoms with Crippen molar-refractivity contribution in [2.24, 2.45) is 0 Å². The summed E-state index contributed by atoms with van der Waals surface area (Å²) in [4.78, 5) is 16.9. The summed E-state index contributed by atoms with van der Waals surface area (Å²) in [6, 6.07) is 13.8. The molecule has 1 heterocycles. The summed E-state index contributed by atoms with van der Waals surface area (Å²) >= 11 is 7.72. The van der Waals surface area contributed by atoms with Crippen LogP contribution in [0, 0.1) is 0 Å². The number of carbonyl (C=O) groups is 1. The van der Waals surface area contributed by atoms with Crippen molar-refractivity contribution in [1.29, 1.82) is 0 Å². The second-order valence-electron chi connectivity index (χ2n) is 6.19. The van der Waals surface area contributed by atoms with Gasteiger partial charge in [-0.3, -0.25) is 4.79 Å². The van der Waals surface area contributed by atoms with Crippen LogP contribution >= 0.6 is 22.9 Å². The number of halogens is 1. The number of amides is 1. The molecule has 1 amide bonds. The number of carbonyl (C=O) groups excluding carboxylic acids is 1. The number of nitrogens with one attached hydrogen (secondary N) is 1. The molecular formula is C20H17ClN2OS. The highest BCUT2D eigenvalue weighted by Crippen LogP contribution is 2.30. The Morgan fingerprint density at radius 1 is 1.16 bits per heavy atom. The minimum absolute atomic E-state index is 0.0473. The highest BCUT2D eigenvalue weighted by atomic mass is 35.5. The van der Waals surface area contributed by atoms with Gasteiger partial charge in [0.05, 0.1) is 17.1 Å². The topological polar surface area (TPSA) is 42.0 Å². The standard InChI is InChI=1S/C20H17ClN2OS/c21-18-7-2-1-6-17(18)20-23-16(12-25-20)11-19(24)22-15-9-8-13-4-3-5-14(13)10-15/h1-2,6-10,12H,3-5,11H2,(H,22,24). The first-order valence-corrected chi connectivity index (χ1v) is 9.56. The number of thiazole rings is 1. The van der Waals surface area contributed by atoms with Crippen LogP contribution in [0.25, 0.3) is 10.6 Å². The molecule has 126 valence electrons. The summed E-state index contributed by atoms with van der Waals surface area (Å²) in [7, 11) is 0. The van der Waals surface area contributed by atoms with Crippen LogP contribution in [0.1, 0.15) is 23.2 Å². The van der Waals surface area contributed by atoms with E-state index in [1.165, 1.54) is 28.9 Å². The normalized spacial score (nSPS) is 12.8. The van der Waals surface area contributed by atoms with E-state index in [9.17, 15) is 4.79 Å². The van der Waals surface area contributed by atoms with Gasteiger partial charge in [0.2, 0.25) is 5.91 Å². The van der Waals surface area contributed by atoms with E-state index in [0.717, 1.165) is 34.8 Å². The molecule has 5 heteroatoms. The molecule has 0 fully saturated rings. The monoisotopic (exact) mass is 368 g/mol. The molecule has 2 aromatic carbocycles. The van der Waals surface area contributed by atoms with Crippen LogP contribution in [0.4, 0.5) is 5.69 Å². The number of hydrogen-bond acceptors (Lipinski definition) is 3. The lowest BCUT2D eigenvalue weighted by molar-refractivity contribution is -0.115. The van der Waals surface area contributed by atoms with Crippen molar-refractivity contribution in [3.05, 3.63) is 69.7 Å². The molecular weight excluding hydrogens is 352 g/mol. The number of benzene rings is 2. The molecule has 3 aromatic rings. The van der Waals surface area contributed by atoms with E-state index in [4.69, 9.17) is 11.6 Å². The molecule has 0 atom stereocenters. The minimum Gasteiger partial charge on any atom is -0.326 e. The number of fused-ring (bicyclic) bond motifs is 1. The SMILES string of the molecule is O=C(Cc1csc(-c2ccccc2Cl)n1)Nc1ccc2c(c1)CCC2. The zero-order valence-electron chi connectivity index (χ0n) is 13.6. The molecule has 1 aliphatic rings. The number of nitrogens with zero attached hydrogens (tertiary/aromatic N) is 1. The van der Waals surface area contributed by atoms with Crippen LogP contribution in [-0.2, 0) is 24.1 Å². The van der Waals surface area contributed by atoms with E-state index >= 15 is 0 Å². The summed E-state index contributed by atoms with van der Waals surface area (Å²) in [5.74, 6) is -0.0473. The summed E-state index contributed by atoms with van der Waals surface area (Å²) < 4.78 is 0. The summed E-state index contributed by atoms with van der Waals surface area (Å²) in [5, 5.41) is 6.41. The van der Waals surface area contributed by atoms with E-state index in [0.29, 0.717) is 5.02 Å². The fourth-order valence-electron chi connectivity index (χ4n) is 3.17. The Kier molecular flexibility index (Phi) is 4.55. The maximum absolute atomic E-state index is 12.3. The van der Waals surface area contributed by atoms with Gasteiger partial charge in [-0.25, -0.2) is 4.98 Å². The van der Waals surface area contributed by atoms with Crippen molar-refractivity contribution in [1.82, 2.24) is 4.98 Å². The third-order valence-electron chi connectivity index (χ3n) is 4.38. The number of anilines is 1. The lowest BCUT2D eigenvalue weighted by Crippen LogP contribution is -2.14. The first-order valence-electron chi connectivity index (χ1n) is 8.30. The maximum atomic E-state index is 12.3. The van der Waals surface area contributed by atoms with Gasteiger partial charge in [-0.15, -0.1) is 11.3 Å². The number of hydrogen-bond donors (Lipinski definition) is 1. The smallest absolute Gasteiger partial charge is 0.230 e. The van der Waals surface area contributed by atoms with E-state index in [1.807, 2.05) is 35.7 Å². The molecule has 0 aliphatic heterocycles. The predicted octanol–water partition coefficient (Wildman–Crippen LogP) is 5.13. The fourth-order valence-corrected chi connectivity index (χ4v) is 4.31. The zero-order chi connectivity index (χ0) is 17.2. The van der Waals surface area contributed by atoms with E-state index < -0.39 is 0 Å². The molecule has 0 saturated carbocycles. The molecule has 1 N–H and O–H groups in total. The summed E-state index contributed by atoms with van der Waals surface area (Å²) in [6.07, 6.45) is 3.72. The van der Waals surface area contributed by atoms with Crippen molar-refractivity contribution in [2.45, 2.75) is 25.7 Å². The van der Waals surface area contributed by atoms with Crippen LogP contribution in [0.2, 0.25) is 5.02 Å². The van der Waals surface area contributed by atoms with Crippen LogP contribution in [0.15, 0.2) is 47.8 Å². The first-order chi connectivity index (χ1) is 12.2. The first kappa shape index (κ1) is 16.3.